The fourth-order valence-corrected chi connectivity index (χ4v) is 2.25. The number of carbonyl (C=O) groups excluding carboxylic acids is 1. The van der Waals surface area contributed by atoms with Crippen molar-refractivity contribution in [2.24, 2.45) is 0 Å². The molecule has 2 rings (SSSR count). The lowest BCUT2D eigenvalue weighted by Gasteiger charge is -2.18. The van der Waals surface area contributed by atoms with Crippen molar-refractivity contribution in [3.05, 3.63) is 16.9 Å². The number of hydrogen-bond acceptors (Lipinski definition) is 5. The van der Waals surface area contributed by atoms with Crippen LogP contribution >= 0.6 is 11.6 Å². The molecule has 6 nitrogen and oxygen atoms in total. The molecule has 7 heteroatoms. The van der Waals surface area contributed by atoms with Gasteiger partial charge in [-0.2, -0.15) is 0 Å². The number of aromatic nitrogens is 2. The molecule has 1 saturated heterocycles. The molecule has 0 aromatic carbocycles. The Balaban J connectivity index is 1.89. The first kappa shape index (κ1) is 14.2. The highest BCUT2D eigenvalue weighted by atomic mass is 35.5. The van der Waals surface area contributed by atoms with Crippen LogP contribution in [-0.2, 0) is 4.79 Å². The third kappa shape index (κ3) is 4.74. The van der Waals surface area contributed by atoms with E-state index in [4.69, 9.17) is 11.6 Å². The van der Waals surface area contributed by atoms with E-state index in [1.807, 2.05) is 6.92 Å². The first-order valence-corrected chi connectivity index (χ1v) is 6.75. The molecule has 0 atom stereocenters. The van der Waals surface area contributed by atoms with Crippen LogP contribution in [0.4, 0.5) is 5.95 Å². The lowest BCUT2D eigenvalue weighted by Crippen LogP contribution is -2.36. The van der Waals surface area contributed by atoms with Crippen molar-refractivity contribution < 1.29 is 4.79 Å². The number of rotatable bonds is 3. The van der Waals surface area contributed by atoms with Gasteiger partial charge in [0.15, 0.2) is 0 Å². The summed E-state index contributed by atoms with van der Waals surface area (Å²) in [4.78, 5) is 22.1. The summed E-state index contributed by atoms with van der Waals surface area (Å²) in [5.74, 6) is 0.159. The van der Waals surface area contributed by atoms with Crippen LogP contribution in [0.1, 0.15) is 12.1 Å². The van der Waals surface area contributed by atoms with Crippen molar-refractivity contribution in [1.29, 1.82) is 0 Å². The standard InChI is InChI=1S/C12H18ClN5O/c1-9-7-10(13)16-12(15-9)17-11(19)8-18-5-2-3-14-4-6-18/h7,14H,2-6,8H2,1H3,(H,15,16,17,19). The van der Waals surface area contributed by atoms with E-state index in [2.05, 4.69) is 25.5 Å². The van der Waals surface area contributed by atoms with Crippen molar-refractivity contribution in [2.45, 2.75) is 13.3 Å². The highest BCUT2D eigenvalue weighted by Crippen LogP contribution is 2.09. The molecule has 0 radical (unpaired) electrons. The van der Waals surface area contributed by atoms with Crippen LogP contribution in [0.3, 0.4) is 0 Å². The second-order valence-corrected chi connectivity index (χ2v) is 4.97. The van der Waals surface area contributed by atoms with Crippen LogP contribution in [0.5, 0.6) is 0 Å². The normalized spacial score (nSPS) is 16.9. The van der Waals surface area contributed by atoms with Crippen molar-refractivity contribution in [3.8, 4) is 0 Å². The Labute approximate surface area is 117 Å². The molecule has 0 bridgehead atoms. The van der Waals surface area contributed by atoms with Gasteiger partial charge in [-0.15, -0.1) is 0 Å². The second-order valence-electron chi connectivity index (χ2n) is 4.58. The highest BCUT2D eigenvalue weighted by Gasteiger charge is 2.13. The summed E-state index contributed by atoms with van der Waals surface area (Å²) in [6.07, 6.45) is 1.06. The fourth-order valence-electron chi connectivity index (χ4n) is 2.01. The van der Waals surface area contributed by atoms with Gasteiger partial charge in [0.2, 0.25) is 11.9 Å². The number of nitrogens with one attached hydrogen (secondary N) is 2. The minimum Gasteiger partial charge on any atom is -0.315 e. The molecule has 1 aliphatic heterocycles. The van der Waals surface area contributed by atoms with Gasteiger partial charge in [-0.1, -0.05) is 11.6 Å². The minimum atomic E-state index is -0.108. The summed E-state index contributed by atoms with van der Waals surface area (Å²) in [5.41, 5.74) is 0.731. The van der Waals surface area contributed by atoms with Crippen molar-refractivity contribution in [1.82, 2.24) is 20.2 Å². The first-order valence-electron chi connectivity index (χ1n) is 6.37. The van der Waals surface area contributed by atoms with Gasteiger partial charge in [0.1, 0.15) is 5.15 Å². The summed E-state index contributed by atoms with van der Waals surface area (Å²) in [7, 11) is 0. The molecule has 1 aromatic heterocycles. The summed E-state index contributed by atoms with van der Waals surface area (Å²) >= 11 is 5.83. The molecule has 1 fully saturated rings. The number of hydrogen-bond donors (Lipinski definition) is 2. The highest BCUT2D eigenvalue weighted by molar-refractivity contribution is 6.29. The molecule has 0 unspecified atom stereocenters. The smallest absolute Gasteiger partial charge is 0.240 e. The Hall–Kier alpha value is -1.24. The van der Waals surface area contributed by atoms with Gasteiger partial charge in [-0.05, 0) is 32.5 Å². The van der Waals surface area contributed by atoms with Crippen LogP contribution in [0, 0.1) is 6.92 Å². The molecule has 0 spiro atoms. The summed E-state index contributed by atoms with van der Waals surface area (Å²) in [6.45, 7) is 5.90. The van der Waals surface area contributed by atoms with Gasteiger partial charge in [0.05, 0.1) is 6.54 Å². The van der Waals surface area contributed by atoms with Crippen LogP contribution in [0.2, 0.25) is 5.15 Å². The maximum Gasteiger partial charge on any atom is 0.240 e. The van der Waals surface area contributed by atoms with Gasteiger partial charge >= 0.3 is 0 Å². The molecule has 1 aliphatic rings. The lowest BCUT2D eigenvalue weighted by molar-refractivity contribution is -0.117. The molecule has 0 saturated carbocycles. The van der Waals surface area contributed by atoms with Crippen molar-refractivity contribution in [2.75, 3.05) is 38.0 Å². The second kappa shape index (κ2) is 6.79. The Bertz CT molecular complexity index is 425. The summed E-state index contributed by atoms with van der Waals surface area (Å²) in [6, 6.07) is 1.65. The third-order valence-electron chi connectivity index (χ3n) is 2.87. The van der Waals surface area contributed by atoms with E-state index in [0.717, 1.165) is 38.3 Å². The van der Waals surface area contributed by atoms with Crippen LogP contribution < -0.4 is 10.6 Å². The molecule has 2 heterocycles. The average molecular weight is 284 g/mol. The third-order valence-corrected chi connectivity index (χ3v) is 3.07. The van der Waals surface area contributed by atoms with Gasteiger partial charge < -0.3 is 5.32 Å². The monoisotopic (exact) mass is 283 g/mol. The molecule has 1 aromatic rings. The van der Waals surface area contributed by atoms with Gasteiger partial charge in [-0.3, -0.25) is 15.0 Å². The van der Waals surface area contributed by atoms with E-state index in [0.29, 0.717) is 11.7 Å². The van der Waals surface area contributed by atoms with Gasteiger partial charge in [0.25, 0.3) is 0 Å². The Kier molecular flexibility index (Phi) is 5.07. The minimum absolute atomic E-state index is 0.108. The zero-order valence-corrected chi connectivity index (χ0v) is 11.7. The molecule has 104 valence electrons. The number of halogens is 1. The Morgan fingerprint density at radius 2 is 2.32 bits per heavy atom. The van der Waals surface area contributed by atoms with E-state index in [1.165, 1.54) is 0 Å². The predicted molar refractivity (Wildman–Crippen MR) is 74.3 cm³/mol. The molecule has 1 amide bonds. The number of amides is 1. The Morgan fingerprint density at radius 1 is 1.47 bits per heavy atom. The van der Waals surface area contributed by atoms with E-state index < -0.39 is 0 Å². The summed E-state index contributed by atoms with van der Waals surface area (Å²) < 4.78 is 0. The van der Waals surface area contributed by atoms with E-state index in [9.17, 15) is 4.79 Å². The number of carbonyl (C=O) groups is 1. The van der Waals surface area contributed by atoms with Crippen LogP contribution in [0.15, 0.2) is 6.07 Å². The summed E-state index contributed by atoms with van der Waals surface area (Å²) in [5, 5.41) is 6.32. The van der Waals surface area contributed by atoms with Crippen LogP contribution in [-0.4, -0.2) is 53.5 Å². The average Bonchev–Trinajstić information content (AvgIpc) is 2.55. The molecule has 2 N–H and O–H groups in total. The number of anilines is 1. The zero-order valence-electron chi connectivity index (χ0n) is 10.9. The Morgan fingerprint density at radius 3 is 3.11 bits per heavy atom. The maximum atomic E-state index is 11.9. The van der Waals surface area contributed by atoms with E-state index in [1.54, 1.807) is 6.07 Å². The largest absolute Gasteiger partial charge is 0.315 e. The fraction of sp³-hybridized carbons (Fsp3) is 0.583. The molecular formula is C12H18ClN5O. The topological polar surface area (TPSA) is 70.2 Å². The van der Waals surface area contributed by atoms with Crippen molar-refractivity contribution in [3.63, 3.8) is 0 Å². The van der Waals surface area contributed by atoms with E-state index in [-0.39, 0.29) is 11.9 Å². The van der Waals surface area contributed by atoms with E-state index >= 15 is 0 Å². The molecular weight excluding hydrogens is 266 g/mol. The van der Waals surface area contributed by atoms with Crippen molar-refractivity contribution >= 4 is 23.5 Å². The quantitative estimate of drug-likeness (QED) is 0.798. The van der Waals surface area contributed by atoms with Gasteiger partial charge in [-0.25, -0.2) is 9.97 Å². The first-order chi connectivity index (χ1) is 9.13. The SMILES string of the molecule is Cc1cc(Cl)nc(NC(=O)CN2CCCNCC2)n1. The predicted octanol–water partition coefficient (Wildman–Crippen LogP) is 0.672. The zero-order chi connectivity index (χ0) is 13.7. The van der Waals surface area contributed by atoms with Gasteiger partial charge in [0, 0.05) is 18.8 Å². The maximum absolute atomic E-state index is 11.9. The molecule has 19 heavy (non-hydrogen) atoms. The molecule has 0 aliphatic carbocycles. The number of aryl methyl sites for hydroxylation is 1. The number of nitrogens with zero attached hydrogens (tertiary/aromatic N) is 3. The lowest BCUT2D eigenvalue weighted by atomic mass is 10.4. The van der Waals surface area contributed by atoms with Crippen LogP contribution in [0.25, 0.3) is 0 Å².